The van der Waals surface area contributed by atoms with E-state index in [-0.39, 0.29) is 0 Å². The van der Waals surface area contributed by atoms with Crippen molar-refractivity contribution in [3.63, 3.8) is 0 Å². The second-order valence-corrected chi connectivity index (χ2v) is 20.1. The molecule has 0 aromatic carbocycles. The highest BCUT2D eigenvalue weighted by molar-refractivity contribution is 7.23. The topological polar surface area (TPSA) is 55.4 Å². The van der Waals surface area contributed by atoms with Gasteiger partial charge in [0.15, 0.2) is 23.0 Å². The molecule has 0 spiro atoms. The zero-order valence-corrected chi connectivity index (χ0v) is 39.2. The van der Waals surface area contributed by atoms with Crippen molar-refractivity contribution in [2.45, 2.75) is 196 Å². The number of fused-ring (bicyclic) bond motifs is 2. The zero-order valence-electron chi connectivity index (χ0n) is 37.5. The third-order valence-electron chi connectivity index (χ3n) is 12.2. The summed E-state index contributed by atoms with van der Waals surface area (Å²) < 4.78 is 39.7. The molecular formula is C49H84O6S2. The van der Waals surface area contributed by atoms with Crippen LogP contribution in [0.15, 0.2) is 0 Å². The van der Waals surface area contributed by atoms with Crippen LogP contribution in [0.1, 0.15) is 192 Å². The van der Waals surface area contributed by atoms with Crippen LogP contribution in [0.25, 0.3) is 9.75 Å². The molecule has 8 heteroatoms. The minimum atomic E-state index is -0.398. The average molecular weight is 833 g/mol. The number of ether oxygens (including phenoxy) is 6. The molecule has 328 valence electrons. The first-order valence-corrected chi connectivity index (χ1v) is 25.5. The van der Waals surface area contributed by atoms with Crippen molar-refractivity contribution in [3.8, 4) is 32.8 Å². The third kappa shape index (κ3) is 16.5. The molecule has 4 rings (SSSR count). The van der Waals surface area contributed by atoms with Crippen LogP contribution in [-0.4, -0.2) is 52.9 Å². The Bertz CT molecular complexity index is 1300. The molecule has 0 saturated carbocycles. The van der Waals surface area contributed by atoms with Gasteiger partial charge in [-0.1, -0.05) is 156 Å². The van der Waals surface area contributed by atoms with Crippen LogP contribution in [0, 0.1) is 31.1 Å². The smallest absolute Gasteiger partial charge is 0.181 e. The van der Waals surface area contributed by atoms with Crippen LogP contribution in [-0.2, 0) is 9.47 Å². The molecule has 0 amide bonds. The monoisotopic (exact) mass is 833 g/mol. The van der Waals surface area contributed by atoms with Crippen LogP contribution in [0.3, 0.4) is 0 Å². The highest BCUT2D eigenvalue weighted by Crippen LogP contribution is 2.57. The highest BCUT2D eigenvalue weighted by atomic mass is 32.1. The van der Waals surface area contributed by atoms with Gasteiger partial charge in [0, 0.05) is 23.0 Å². The quantitative estimate of drug-likeness (QED) is 0.0668. The highest BCUT2D eigenvalue weighted by Gasteiger charge is 2.40. The van der Waals surface area contributed by atoms with Crippen molar-refractivity contribution >= 4 is 22.7 Å². The van der Waals surface area contributed by atoms with Crippen LogP contribution in [0.2, 0.25) is 0 Å². The van der Waals surface area contributed by atoms with Crippen LogP contribution in [0.4, 0.5) is 0 Å². The summed E-state index contributed by atoms with van der Waals surface area (Å²) in [7, 11) is 0. The van der Waals surface area contributed by atoms with E-state index in [2.05, 4.69) is 41.5 Å². The largest absolute Gasteiger partial charge is 0.488 e. The van der Waals surface area contributed by atoms with Crippen molar-refractivity contribution in [1.29, 1.82) is 0 Å². The summed E-state index contributed by atoms with van der Waals surface area (Å²) in [5.74, 6) is 4.64. The minimum Gasteiger partial charge on any atom is -0.488 e. The van der Waals surface area contributed by atoms with Crippen LogP contribution >= 0.6 is 22.7 Å². The Balaban J connectivity index is 1.47. The van der Waals surface area contributed by atoms with E-state index in [1.165, 1.54) is 154 Å². The molecule has 2 unspecified atom stereocenters. The minimum absolute atomic E-state index is 0.398. The molecule has 2 aliphatic rings. The fourth-order valence-electron chi connectivity index (χ4n) is 8.55. The van der Waals surface area contributed by atoms with E-state index in [1.807, 2.05) is 0 Å². The summed E-state index contributed by atoms with van der Waals surface area (Å²) in [4.78, 5) is 4.44. The average Bonchev–Trinajstić information content (AvgIpc) is 3.65. The van der Waals surface area contributed by atoms with Crippen molar-refractivity contribution in [1.82, 2.24) is 0 Å². The number of aryl methyl sites for hydroxylation is 2. The van der Waals surface area contributed by atoms with Gasteiger partial charge in [-0.05, 0) is 51.4 Å². The first kappa shape index (κ1) is 48.2. The van der Waals surface area contributed by atoms with Crippen molar-refractivity contribution in [2.24, 2.45) is 17.3 Å². The van der Waals surface area contributed by atoms with Crippen molar-refractivity contribution in [3.05, 3.63) is 9.75 Å². The maximum atomic E-state index is 6.93. The normalized spacial score (nSPS) is 17.5. The SMILES string of the molecule is CCCCCCCCC(CCCCCC)COCC1(COCC(CCCCCC)CCCCCCCC)COc2c(C)sc(-c3sc(C)c4c3OCCO4)c2OC1. The lowest BCUT2D eigenvalue weighted by molar-refractivity contribution is -0.0721. The second-order valence-electron chi connectivity index (χ2n) is 17.6. The molecular weight excluding hydrogens is 749 g/mol. The van der Waals surface area contributed by atoms with E-state index < -0.39 is 5.41 Å². The molecule has 2 aromatic heterocycles. The summed E-state index contributed by atoms with van der Waals surface area (Å²) in [6.07, 6.45) is 31.7. The Labute approximate surface area is 357 Å². The second kappa shape index (κ2) is 28.1. The van der Waals surface area contributed by atoms with E-state index in [0.717, 1.165) is 55.7 Å². The van der Waals surface area contributed by atoms with Gasteiger partial charge in [0.2, 0.25) is 0 Å². The van der Waals surface area contributed by atoms with Gasteiger partial charge in [-0.15, -0.1) is 22.7 Å². The molecule has 0 bridgehead atoms. The lowest BCUT2D eigenvalue weighted by atomic mass is 9.91. The molecule has 0 fully saturated rings. The van der Waals surface area contributed by atoms with E-state index in [0.29, 0.717) is 51.5 Å². The summed E-state index contributed by atoms with van der Waals surface area (Å²) in [6, 6.07) is 0. The number of rotatable bonds is 33. The Morgan fingerprint density at radius 1 is 0.456 bits per heavy atom. The number of unbranched alkanes of at least 4 members (excludes halogenated alkanes) is 16. The first-order valence-electron chi connectivity index (χ1n) is 23.9. The van der Waals surface area contributed by atoms with Crippen molar-refractivity contribution in [2.75, 3.05) is 52.9 Å². The van der Waals surface area contributed by atoms with E-state index in [4.69, 9.17) is 28.4 Å². The van der Waals surface area contributed by atoms with Gasteiger partial charge in [-0.25, -0.2) is 0 Å². The number of thiophene rings is 2. The van der Waals surface area contributed by atoms with Crippen LogP contribution < -0.4 is 18.9 Å². The molecule has 0 aliphatic carbocycles. The summed E-state index contributed by atoms with van der Waals surface area (Å²) >= 11 is 3.46. The molecule has 0 N–H and O–H groups in total. The lowest BCUT2D eigenvalue weighted by Crippen LogP contribution is -2.43. The first-order chi connectivity index (χ1) is 27.9. The van der Waals surface area contributed by atoms with E-state index >= 15 is 0 Å². The van der Waals surface area contributed by atoms with E-state index in [9.17, 15) is 0 Å². The summed E-state index contributed by atoms with van der Waals surface area (Å²) in [5.41, 5.74) is -0.398. The van der Waals surface area contributed by atoms with E-state index in [1.54, 1.807) is 22.7 Å². The number of hydrogen-bond donors (Lipinski definition) is 0. The Morgan fingerprint density at radius 2 is 0.789 bits per heavy atom. The number of hydrogen-bond acceptors (Lipinski definition) is 8. The fourth-order valence-corrected chi connectivity index (χ4v) is 10.8. The molecule has 0 saturated heterocycles. The van der Waals surface area contributed by atoms with Crippen LogP contribution in [0.5, 0.6) is 23.0 Å². The molecule has 2 atom stereocenters. The molecule has 4 heterocycles. The maximum Gasteiger partial charge on any atom is 0.181 e. The lowest BCUT2D eigenvalue weighted by Gasteiger charge is -2.32. The molecule has 2 aromatic rings. The maximum absolute atomic E-state index is 6.93. The summed E-state index contributed by atoms with van der Waals surface area (Å²) in [5, 5.41) is 0. The van der Waals surface area contributed by atoms with Gasteiger partial charge >= 0.3 is 0 Å². The fraction of sp³-hybridized carbons (Fsp3) is 0.837. The predicted octanol–water partition coefficient (Wildman–Crippen LogP) is 15.3. The Hall–Kier alpha value is -1.48. The Kier molecular flexibility index (Phi) is 23.8. The molecule has 2 aliphatic heterocycles. The molecule has 57 heavy (non-hydrogen) atoms. The van der Waals surface area contributed by atoms with Gasteiger partial charge in [0.1, 0.15) is 26.4 Å². The summed E-state index contributed by atoms with van der Waals surface area (Å²) in [6.45, 7) is 18.4. The molecule has 6 nitrogen and oxygen atoms in total. The van der Waals surface area contributed by atoms with Gasteiger partial charge < -0.3 is 28.4 Å². The van der Waals surface area contributed by atoms with Gasteiger partial charge in [0.05, 0.1) is 28.4 Å². The standard InChI is InChI=1S/C49H84O6S2/c1-7-11-15-19-21-25-29-41(27-23-17-13-9-3)33-50-35-49(36-51-34-42(28-24-18-14-10-4)30-26-22-20-16-12-8-2)37-54-44-40(6)57-48(46(44)55-38-49)47-45-43(39(5)56-47)52-31-32-53-45/h41-42H,7-38H2,1-6H3. The van der Waals surface area contributed by atoms with Gasteiger partial charge in [-0.3, -0.25) is 0 Å². The van der Waals surface area contributed by atoms with Gasteiger partial charge in [0.25, 0.3) is 0 Å². The molecule has 0 radical (unpaired) electrons. The Morgan fingerprint density at radius 3 is 1.23 bits per heavy atom. The van der Waals surface area contributed by atoms with Gasteiger partial charge in [-0.2, -0.15) is 0 Å². The van der Waals surface area contributed by atoms with Crippen molar-refractivity contribution < 1.29 is 28.4 Å². The predicted molar refractivity (Wildman–Crippen MR) is 244 cm³/mol. The zero-order chi connectivity index (χ0) is 40.6. The third-order valence-corrected chi connectivity index (χ3v) is 14.5.